The largest absolute Gasteiger partial charge is 0.356 e. The maximum atomic E-state index is 11.9. The Hall–Kier alpha value is -3.03. The van der Waals surface area contributed by atoms with Crippen LogP contribution in [0.25, 0.3) is 5.65 Å². The molecule has 3 rings (SSSR count). The van der Waals surface area contributed by atoms with Gasteiger partial charge in [-0.2, -0.15) is 0 Å². The molecular formula is C17H21N7O. The van der Waals surface area contributed by atoms with Crippen molar-refractivity contribution in [1.29, 1.82) is 0 Å². The maximum absolute atomic E-state index is 11.9. The highest BCUT2D eigenvalue weighted by Crippen LogP contribution is 2.04. The Labute approximate surface area is 145 Å². The van der Waals surface area contributed by atoms with Crippen LogP contribution >= 0.6 is 0 Å². The molecule has 1 amide bonds. The molecule has 0 unspecified atom stereocenters. The molecule has 3 heterocycles. The molecule has 0 fully saturated rings. The Morgan fingerprint density at radius 1 is 1.12 bits per heavy atom. The van der Waals surface area contributed by atoms with E-state index in [0.717, 1.165) is 22.9 Å². The Morgan fingerprint density at radius 3 is 2.72 bits per heavy atom. The number of pyridine rings is 1. The summed E-state index contributed by atoms with van der Waals surface area (Å²) >= 11 is 0. The van der Waals surface area contributed by atoms with Crippen LogP contribution in [-0.4, -0.2) is 43.6 Å². The average Bonchev–Trinajstić information content (AvgIpc) is 2.97. The van der Waals surface area contributed by atoms with Crippen LogP contribution in [0.4, 0.5) is 5.95 Å². The van der Waals surface area contributed by atoms with E-state index in [2.05, 4.69) is 30.8 Å². The Kier molecular flexibility index (Phi) is 5.17. The number of anilines is 1. The molecule has 0 atom stereocenters. The third-order valence-corrected chi connectivity index (χ3v) is 3.67. The molecule has 0 saturated carbocycles. The van der Waals surface area contributed by atoms with Crippen LogP contribution in [0.15, 0.2) is 30.5 Å². The van der Waals surface area contributed by atoms with Gasteiger partial charge in [0.15, 0.2) is 5.65 Å². The van der Waals surface area contributed by atoms with Crippen molar-refractivity contribution >= 4 is 17.5 Å². The number of aryl methyl sites for hydroxylation is 2. The SMILES string of the molecule is Cc1cc(C)nc(NCCC(=O)NCCc2nnc3ccccn23)n1. The summed E-state index contributed by atoms with van der Waals surface area (Å²) in [6.45, 7) is 4.85. The third kappa shape index (κ3) is 4.50. The number of carbonyl (C=O) groups is 1. The van der Waals surface area contributed by atoms with Gasteiger partial charge in [-0.3, -0.25) is 9.20 Å². The first-order valence-electron chi connectivity index (χ1n) is 8.23. The first-order valence-corrected chi connectivity index (χ1v) is 8.23. The lowest BCUT2D eigenvalue weighted by Gasteiger charge is -2.07. The normalized spacial score (nSPS) is 10.8. The summed E-state index contributed by atoms with van der Waals surface area (Å²) in [5.41, 5.74) is 2.61. The van der Waals surface area contributed by atoms with Crippen molar-refractivity contribution in [3.05, 3.63) is 47.7 Å². The number of hydrogen-bond donors (Lipinski definition) is 2. The summed E-state index contributed by atoms with van der Waals surface area (Å²) in [6.07, 6.45) is 2.90. The average molecular weight is 339 g/mol. The molecule has 0 aliphatic rings. The lowest BCUT2D eigenvalue weighted by Crippen LogP contribution is -2.28. The van der Waals surface area contributed by atoms with Gasteiger partial charge in [-0.1, -0.05) is 6.07 Å². The van der Waals surface area contributed by atoms with Gasteiger partial charge in [0, 0.05) is 43.5 Å². The van der Waals surface area contributed by atoms with E-state index in [1.807, 2.05) is 48.7 Å². The van der Waals surface area contributed by atoms with Crippen LogP contribution in [-0.2, 0) is 11.2 Å². The zero-order valence-electron chi connectivity index (χ0n) is 14.4. The molecule has 0 spiro atoms. The van der Waals surface area contributed by atoms with Gasteiger partial charge in [-0.15, -0.1) is 10.2 Å². The summed E-state index contributed by atoms with van der Waals surface area (Å²) < 4.78 is 1.92. The molecule has 0 saturated heterocycles. The number of aromatic nitrogens is 5. The Balaban J connectivity index is 1.41. The minimum Gasteiger partial charge on any atom is -0.356 e. The van der Waals surface area contributed by atoms with Crippen LogP contribution < -0.4 is 10.6 Å². The summed E-state index contributed by atoms with van der Waals surface area (Å²) in [5.74, 6) is 1.36. The Bertz CT molecular complexity index is 854. The number of rotatable bonds is 7. The van der Waals surface area contributed by atoms with Crippen LogP contribution in [0.3, 0.4) is 0 Å². The molecule has 3 aromatic heterocycles. The van der Waals surface area contributed by atoms with Crippen molar-refractivity contribution in [3.63, 3.8) is 0 Å². The minimum atomic E-state index is -0.0225. The van der Waals surface area contributed by atoms with Gasteiger partial charge < -0.3 is 10.6 Å². The van der Waals surface area contributed by atoms with E-state index in [0.29, 0.717) is 31.9 Å². The summed E-state index contributed by atoms with van der Waals surface area (Å²) in [7, 11) is 0. The predicted molar refractivity (Wildman–Crippen MR) is 94.3 cm³/mol. The molecule has 25 heavy (non-hydrogen) atoms. The number of fused-ring (bicyclic) bond motifs is 1. The smallest absolute Gasteiger partial charge is 0.223 e. The molecule has 3 aromatic rings. The summed E-state index contributed by atoms with van der Waals surface area (Å²) in [4.78, 5) is 20.5. The van der Waals surface area contributed by atoms with E-state index in [-0.39, 0.29) is 5.91 Å². The molecule has 0 aromatic carbocycles. The standard InChI is InChI=1S/C17H21N7O/c1-12-11-13(2)21-17(20-12)19-9-7-16(25)18-8-6-15-23-22-14-5-3-4-10-24(14)15/h3-5,10-11H,6-9H2,1-2H3,(H,18,25)(H,19,20,21). The van der Waals surface area contributed by atoms with Crippen LogP contribution in [0.2, 0.25) is 0 Å². The summed E-state index contributed by atoms with van der Waals surface area (Å²) in [5, 5.41) is 14.2. The maximum Gasteiger partial charge on any atom is 0.223 e. The van der Waals surface area contributed by atoms with E-state index in [1.165, 1.54) is 0 Å². The van der Waals surface area contributed by atoms with Gasteiger partial charge in [0.05, 0.1) is 0 Å². The van der Waals surface area contributed by atoms with Crippen LogP contribution in [0.5, 0.6) is 0 Å². The zero-order chi connectivity index (χ0) is 17.6. The second kappa shape index (κ2) is 7.69. The highest BCUT2D eigenvalue weighted by Gasteiger charge is 2.06. The minimum absolute atomic E-state index is 0.0225. The number of amides is 1. The van der Waals surface area contributed by atoms with Gasteiger partial charge in [0.1, 0.15) is 5.82 Å². The van der Waals surface area contributed by atoms with Crippen molar-refractivity contribution < 1.29 is 4.79 Å². The van der Waals surface area contributed by atoms with E-state index in [9.17, 15) is 4.79 Å². The predicted octanol–water partition coefficient (Wildman–Crippen LogP) is 1.30. The first-order chi connectivity index (χ1) is 12.1. The molecular weight excluding hydrogens is 318 g/mol. The number of nitrogens with one attached hydrogen (secondary N) is 2. The fraction of sp³-hybridized carbons (Fsp3) is 0.353. The van der Waals surface area contributed by atoms with Crippen molar-refractivity contribution in [2.75, 3.05) is 18.4 Å². The van der Waals surface area contributed by atoms with Gasteiger partial charge in [0.2, 0.25) is 11.9 Å². The lowest BCUT2D eigenvalue weighted by molar-refractivity contribution is -0.120. The molecule has 0 aliphatic heterocycles. The van der Waals surface area contributed by atoms with E-state index < -0.39 is 0 Å². The van der Waals surface area contributed by atoms with Crippen molar-refractivity contribution in [3.8, 4) is 0 Å². The van der Waals surface area contributed by atoms with E-state index in [4.69, 9.17) is 0 Å². The van der Waals surface area contributed by atoms with Gasteiger partial charge >= 0.3 is 0 Å². The lowest BCUT2D eigenvalue weighted by atomic mass is 10.3. The molecule has 8 heteroatoms. The summed E-state index contributed by atoms with van der Waals surface area (Å²) in [6, 6.07) is 7.66. The molecule has 2 N–H and O–H groups in total. The van der Waals surface area contributed by atoms with Crippen LogP contribution in [0.1, 0.15) is 23.6 Å². The number of hydrogen-bond acceptors (Lipinski definition) is 6. The van der Waals surface area contributed by atoms with Crippen LogP contribution in [0, 0.1) is 13.8 Å². The third-order valence-electron chi connectivity index (χ3n) is 3.67. The molecule has 0 bridgehead atoms. The van der Waals surface area contributed by atoms with E-state index >= 15 is 0 Å². The Morgan fingerprint density at radius 2 is 1.92 bits per heavy atom. The first kappa shape index (κ1) is 16.8. The van der Waals surface area contributed by atoms with Crippen molar-refractivity contribution in [2.24, 2.45) is 0 Å². The van der Waals surface area contributed by atoms with Gasteiger partial charge in [-0.05, 0) is 32.0 Å². The molecule has 0 radical (unpaired) electrons. The zero-order valence-corrected chi connectivity index (χ0v) is 14.4. The second-order valence-corrected chi connectivity index (χ2v) is 5.80. The fourth-order valence-electron chi connectivity index (χ4n) is 2.56. The van der Waals surface area contributed by atoms with Crippen molar-refractivity contribution in [2.45, 2.75) is 26.7 Å². The van der Waals surface area contributed by atoms with Gasteiger partial charge in [0.25, 0.3) is 0 Å². The number of nitrogens with zero attached hydrogens (tertiary/aromatic N) is 5. The fourth-order valence-corrected chi connectivity index (χ4v) is 2.56. The molecule has 0 aliphatic carbocycles. The van der Waals surface area contributed by atoms with Crippen molar-refractivity contribution in [1.82, 2.24) is 29.9 Å². The van der Waals surface area contributed by atoms with Gasteiger partial charge in [-0.25, -0.2) is 9.97 Å². The molecule has 130 valence electrons. The second-order valence-electron chi connectivity index (χ2n) is 5.80. The van der Waals surface area contributed by atoms with E-state index in [1.54, 1.807) is 0 Å². The topological polar surface area (TPSA) is 97.1 Å². The highest BCUT2D eigenvalue weighted by molar-refractivity contribution is 5.76. The monoisotopic (exact) mass is 339 g/mol. The number of carbonyl (C=O) groups excluding carboxylic acids is 1. The molecule has 8 nitrogen and oxygen atoms in total. The highest BCUT2D eigenvalue weighted by atomic mass is 16.1. The quantitative estimate of drug-likeness (QED) is 0.673.